The monoisotopic (exact) mass is 314 g/mol. The molecule has 2 aromatic rings. The van der Waals surface area contributed by atoms with E-state index in [0.29, 0.717) is 5.75 Å². The third-order valence-electron chi connectivity index (χ3n) is 2.88. The van der Waals surface area contributed by atoms with Crippen molar-refractivity contribution in [3.8, 4) is 5.75 Å². The van der Waals surface area contributed by atoms with Gasteiger partial charge < -0.3 is 4.74 Å². The van der Waals surface area contributed by atoms with Crippen molar-refractivity contribution in [2.24, 2.45) is 5.10 Å². The van der Waals surface area contributed by atoms with Crippen molar-refractivity contribution in [3.05, 3.63) is 65.7 Å². The lowest BCUT2D eigenvalue weighted by atomic mass is 10.2. The van der Waals surface area contributed by atoms with Gasteiger partial charge in [0.15, 0.2) is 0 Å². The van der Waals surface area contributed by atoms with E-state index in [-0.39, 0.29) is 5.91 Å². The van der Waals surface area contributed by atoms with Crippen LogP contribution in [-0.4, -0.2) is 25.0 Å². The molecule has 0 atom stereocenters. The fourth-order valence-corrected chi connectivity index (χ4v) is 2.60. The Labute approximate surface area is 134 Å². The minimum atomic E-state index is -0.118. The zero-order chi connectivity index (χ0) is 15.6. The van der Waals surface area contributed by atoms with Gasteiger partial charge in [-0.15, -0.1) is 11.8 Å². The number of rotatable bonds is 7. The number of hydrogen-bond acceptors (Lipinski definition) is 4. The van der Waals surface area contributed by atoms with Crippen LogP contribution in [0.3, 0.4) is 0 Å². The van der Waals surface area contributed by atoms with Crippen LogP contribution in [0.25, 0.3) is 0 Å². The Hall–Kier alpha value is -2.27. The average Bonchev–Trinajstić information content (AvgIpc) is 2.56. The minimum Gasteiger partial charge on any atom is -0.496 e. The number of nitrogens with one attached hydrogen (secondary N) is 1. The third-order valence-corrected chi connectivity index (χ3v) is 3.88. The summed E-state index contributed by atoms with van der Waals surface area (Å²) in [5.41, 5.74) is 4.55. The molecule has 0 unspecified atom stereocenters. The first-order valence-corrected chi connectivity index (χ1v) is 8.01. The normalized spacial score (nSPS) is 10.6. The molecular weight excluding hydrogens is 296 g/mol. The van der Waals surface area contributed by atoms with E-state index in [4.69, 9.17) is 4.74 Å². The van der Waals surface area contributed by atoms with Crippen LogP contribution in [-0.2, 0) is 10.5 Å². The van der Waals surface area contributed by atoms with E-state index in [1.54, 1.807) is 25.1 Å². The number of methoxy groups -OCH3 is 1. The van der Waals surface area contributed by atoms with Crippen LogP contribution >= 0.6 is 11.8 Å². The Morgan fingerprint density at radius 1 is 1.18 bits per heavy atom. The number of para-hydroxylation sites is 1. The van der Waals surface area contributed by atoms with Crippen LogP contribution in [0.1, 0.15) is 11.1 Å². The molecule has 114 valence electrons. The molecule has 1 N–H and O–H groups in total. The lowest BCUT2D eigenvalue weighted by Gasteiger charge is -2.03. The van der Waals surface area contributed by atoms with Gasteiger partial charge in [0.2, 0.25) is 5.91 Å². The molecule has 4 nitrogen and oxygen atoms in total. The van der Waals surface area contributed by atoms with Crippen molar-refractivity contribution >= 4 is 23.9 Å². The summed E-state index contributed by atoms with van der Waals surface area (Å²) in [6.45, 7) is 0. The molecule has 0 aliphatic heterocycles. The zero-order valence-corrected chi connectivity index (χ0v) is 13.2. The third kappa shape index (κ3) is 5.26. The quantitative estimate of drug-likeness (QED) is 0.631. The van der Waals surface area contributed by atoms with Crippen molar-refractivity contribution < 1.29 is 9.53 Å². The summed E-state index contributed by atoms with van der Waals surface area (Å²) < 4.78 is 5.21. The van der Waals surface area contributed by atoms with Gasteiger partial charge in [0.25, 0.3) is 0 Å². The molecule has 0 aliphatic rings. The van der Waals surface area contributed by atoms with Gasteiger partial charge in [0.05, 0.1) is 19.1 Å². The molecule has 2 aromatic carbocycles. The van der Waals surface area contributed by atoms with Gasteiger partial charge in [-0.3, -0.25) is 4.79 Å². The molecule has 0 spiro atoms. The fourth-order valence-electron chi connectivity index (χ4n) is 1.81. The van der Waals surface area contributed by atoms with E-state index in [0.717, 1.165) is 17.1 Å². The van der Waals surface area contributed by atoms with E-state index in [2.05, 4.69) is 10.5 Å². The van der Waals surface area contributed by atoms with Crippen LogP contribution in [0.4, 0.5) is 0 Å². The fraction of sp³-hybridized carbons (Fsp3) is 0.176. The highest BCUT2D eigenvalue weighted by Crippen LogP contribution is 2.14. The Bertz CT molecular complexity index is 630. The molecule has 0 heterocycles. The maximum Gasteiger partial charge on any atom is 0.250 e. The minimum absolute atomic E-state index is 0.118. The topological polar surface area (TPSA) is 50.7 Å². The van der Waals surface area contributed by atoms with Crippen molar-refractivity contribution in [3.63, 3.8) is 0 Å². The zero-order valence-electron chi connectivity index (χ0n) is 12.4. The maximum absolute atomic E-state index is 11.7. The second-order valence-corrected chi connectivity index (χ2v) is 5.50. The number of thioether (sulfide) groups is 1. The van der Waals surface area contributed by atoms with Crippen LogP contribution in [0.2, 0.25) is 0 Å². The molecule has 0 bridgehead atoms. The van der Waals surface area contributed by atoms with Gasteiger partial charge in [0.1, 0.15) is 5.75 Å². The summed E-state index contributed by atoms with van der Waals surface area (Å²) in [5, 5.41) is 3.96. The number of carbonyl (C=O) groups excluding carboxylic acids is 1. The van der Waals surface area contributed by atoms with Crippen LogP contribution in [0, 0.1) is 0 Å². The Morgan fingerprint density at radius 3 is 2.68 bits per heavy atom. The van der Waals surface area contributed by atoms with Crippen LogP contribution < -0.4 is 10.2 Å². The SMILES string of the molecule is COc1ccccc1/C=N\NC(=O)CSCc1ccccc1. The first-order chi connectivity index (χ1) is 10.8. The lowest BCUT2D eigenvalue weighted by molar-refractivity contribution is -0.118. The molecule has 0 aromatic heterocycles. The first-order valence-electron chi connectivity index (χ1n) is 6.86. The summed E-state index contributed by atoms with van der Waals surface area (Å²) >= 11 is 1.56. The Balaban J connectivity index is 1.74. The largest absolute Gasteiger partial charge is 0.496 e. The number of hydrazone groups is 1. The summed E-state index contributed by atoms with van der Waals surface area (Å²) in [6, 6.07) is 17.6. The molecule has 0 saturated heterocycles. The summed E-state index contributed by atoms with van der Waals surface area (Å²) in [6.07, 6.45) is 1.58. The molecule has 2 rings (SSSR count). The van der Waals surface area contributed by atoms with E-state index in [1.165, 1.54) is 5.56 Å². The average molecular weight is 314 g/mol. The van der Waals surface area contributed by atoms with Crippen LogP contribution in [0.15, 0.2) is 59.7 Å². The van der Waals surface area contributed by atoms with Gasteiger partial charge in [0, 0.05) is 11.3 Å². The van der Waals surface area contributed by atoms with Gasteiger partial charge in [-0.2, -0.15) is 5.10 Å². The van der Waals surface area contributed by atoms with Crippen molar-refractivity contribution in [1.29, 1.82) is 0 Å². The molecule has 0 aliphatic carbocycles. The molecule has 1 amide bonds. The summed E-state index contributed by atoms with van der Waals surface area (Å²) in [7, 11) is 1.60. The van der Waals surface area contributed by atoms with E-state index < -0.39 is 0 Å². The van der Waals surface area contributed by atoms with Gasteiger partial charge in [-0.05, 0) is 17.7 Å². The number of carbonyl (C=O) groups is 1. The van der Waals surface area contributed by atoms with Gasteiger partial charge >= 0.3 is 0 Å². The highest BCUT2D eigenvalue weighted by atomic mass is 32.2. The Kier molecular flexibility index (Phi) is 6.51. The van der Waals surface area contributed by atoms with E-state index in [1.807, 2.05) is 54.6 Å². The first kappa shape index (κ1) is 16.1. The molecule has 0 radical (unpaired) electrons. The highest BCUT2D eigenvalue weighted by molar-refractivity contribution is 7.99. The number of ether oxygens (including phenoxy) is 1. The summed E-state index contributed by atoms with van der Waals surface area (Å²) in [5.74, 6) is 1.79. The van der Waals surface area contributed by atoms with Crippen molar-refractivity contribution in [1.82, 2.24) is 5.43 Å². The van der Waals surface area contributed by atoms with Gasteiger partial charge in [-0.1, -0.05) is 42.5 Å². The molecule has 0 saturated carbocycles. The molecular formula is C17H18N2O2S. The van der Waals surface area contributed by atoms with E-state index >= 15 is 0 Å². The molecule has 22 heavy (non-hydrogen) atoms. The smallest absolute Gasteiger partial charge is 0.250 e. The number of amides is 1. The van der Waals surface area contributed by atoms with E-state index in [9.17, 15) is 4.79 Å². The van der Waals surface area contributed by atoms with Crippen molar-refractivity contribution in [2.45, 2.75) is 5.75 Å². The molecule has 0 fully saturated rings. The van der Waals surface area contributed by atoms with Crippen LogP contribution in [0.5, 0.6) is 5.75 Å². The standard InChI is InChI=1S/C17H18N2O2S/c1-21-16-10-6-5-9-15(16)11-18-19-17(20)13-22-12-14-7-3-2-4-8-14/h2-11H,12-13H2,1H3,(H,19,20)/b18-11-. The predicted molar refractivity (Wildman–Crippen MR) is 91.3 cm³/mol. The number of hydrogen-bond donors (Lipinski definition) is 1. The maximum atomic E-state index is 11.7. The lowest BCUT2D eigenvalue weighted by Crippen LogP contribution is -2.19. The predicted octanol–water partition coefficient (Wildman–Crippen LogP) is 3.08. The Morgan fingerprint density at radius 2 is 1.91 bits per heavy atom. The number of benzene rings is 2. The van der Waals surface area contributed by atoms with Crippen molar-refractivity contribution in [2.75, 3.05) is 12.9 Å². The second kappa shape index (κ2) is 8.89. The van der Waals surface area contributed by atoms with Gasteiger partial charge in [-0.25, -0.2) is 5.43 Å². The number of nitrogens with zero attached hydrogens (tertiary/aromatic N) is 1. The molecule has 5 heteroatoms. The summed E-state index contributed by atoms with van der Waals surface area (Å²) in [4.78, 5) is 11.7. The highest BCUT2D eigenvalue weighted by Gasteiger charge is 2.01. The second-order valence-electron chi connectivity index (χ2n) is 4.51.